The highest BCUT2D eigenvalue weighted by molar-refractivity contribution is 5.88. The summed E-state index contributed by atoms with van der Waals surface area (Å²) >= 11 is 0. The zero-order chi connectivity index (χ0) is 14.8. The van der Waals surface area contributed by atoms with E-state index < -0.39 is 11.6 Å². The highest BCUT2D eigenvalue weighted by atomic mass is 19.2. The lowest BCUT2D eigenvalue weighted by atomic mass is 10.1. The molecule has 2 aliphatic rings. The minimum Gasteiger partial charge on any atom is -0.473 e. The first kappa shape index (κ1) is 13.9. The Labute approximate surface area is 122 Å². The molecule has 2 heterocycles. The molecule has 21 heavy (non-hydrogen) atoms. The van der Waals surface area contributed by atoms with Crippen LogP contribution in [0.3, 0.4) is 0 Å². The predicted octanol–water partition coefficient (Wildman–Crippen LogP) is 2.38. The third-order valence-electron chi connectivity index (χ3n) is 3.60. The van der Waals surface area contributed by atoms with E-state index in [0.717, 1.165) is 30.9 Å². The maximum Gasteiger partial charge on any atom is 0.214 e. The summed E-state index contributed by atoms with van der Waals surface area (Å²) in [7, 11) is 0. The van der Waals surface area contributed by atoms with Gasteiger partial charge < -0.3 is 15.0 Å². The molecular formula is C15H17F2N3O. The van der Waals surface area contributed by atoms with Crippen LogP contribution in [0, 0.1) is 11.6 Å². The van der Waals surface area contributed by atoms with Crippen molar-refractivity contribution in [3.63, 3.8) is 0 Å². The molecule has 4 nitrogen and oxygen atoms in total. The number of hydrogen-bond acceptors (Lipinski definition) is 4. The fraction of sp³-hybridized carbons (Fsp3) is 0.400. The third-order valence-corrected chi connectivity index (χ3v) is 3.60. The Morgan fingerprint density at radius 1 is 1.38 bits per heavy atom. The third kappa shape index (κ3) is 3.15. The fourth-order valence-electron chi connectivity index (χ4n) is 2.36. The minimum atomic E-state index is -0.867. The number of fused-ring (bicyclic) bond motifs is 1. The lowest BCUT2D eigenvalue weighted by Crippen LogP contribution is -2.46. The predicted molar refractivity (Wildman–Crippen MR) is 75.5 cm³/mol. The van der Waals surface area contributed by atoms with Crippen LogP contribution in [-0.2, 0) is 11.3 Å². The number of nitrogens with one attached hydrogen (secondary N) is 1. The molecule has 1 N–H and O–H groups in total. The van der Waals surface area contributed by atoms with E-state index in [0.29, 0.717) is 24.2 Å². The van der Waals surface area contributed by atoms with E-state index in [9.17, 15) is 8.78 Å². The largest absolute Gasteiger partial charge is 0.473 e. The summed E-state index contributed by atoms with van der Waals surface area (Å²) in [6.07, 6.45) is 2.93. The molecule has 0 radical (unpaired) electrons. The summed E-state index contributed by atoms with van der Waals surface area (Å²) in [5.41, 5.74) is 0.572. The van der Waals surface area contributed by atoms with Gasteiger partial charge in [-0.2, -0.15) is 0 Å². The molecule has 0 unspecified atom stereocenters. The second kappa shape index (κ2) is 5.71. The van der Waals surface area contributed by atoms with Crippen molar-refractivity contribution >= 4 is 5.90 Å². The van der Waals surface area contributed by atoms with Crippen LogP contribution in [0.5, 0.6) is 0 Å². The molecule has 0 amide bonds. The highest BCUT2D eigenvalue weighted by Gasteiger charge is 2.22. The number of rotatable bonds is 2. The minimum absolute atomic E-state index is 0.162. The molecule has 6 heteroatoms. The van der Waals surface area contributed by atoms with Gasteiger partial charge in [-0.3, -0.25) is 0 Å². The molecule has 1 aromatic carbocycles. The number of halogens is 2. The van der Waals surface area contributed by atoms with Gasteiger partial charge in [0.25, 0.3) is 0 Å². The van der Waals surface area contributed by atoms with Gasteiger partial charge in [0, 0.05) is 18.7 Å². The number of aliphatic imine (C=N–C) groups is 1. The van der Waals surface area contributed by atoms with Crippen LogP contribution in [0.4, 0.5) is 8.78 Å². The lowest BCUT2D eigenvalue weighted by molar-refractivity contribution is 0.238. The van der Waals surface area contributed by atoms with Crippen molar-refractivity contribution in [2.45, 2.75) is 26.0 Å². The molecule has 0 aromatic heterocycles. The van der Waals surface area contributed by atoms with Crippen LogP contribution >= 0.6 is 0 Å². The first-order valence-electron chi connectivity index (χ1n) is 6.96. The normalized spacial score (nSPS) is 21.1. The van der Waals surface area contributed by atoms with Gasteiger partial charge >= 0.3 is 0 Å². The Kier molecular flexibility index (Phi) is 3.77. The van der Waals surface area contributed by atoms with Crippen molar-refractivity contribution in [2.75, 3.05) is 13.2 Å². The standard InChI is InChI=1S/C15H17F2N3O/c1-10-4-5-20-9-18-15(7-14(20)19-10)21-8-11-2-3-12(16)13(17)6-11/h2-3,6-7,10,19H,4-5,8-9H2,1H3/t10-/m1/s1. The van der Waals surface area contributed by atoms with E-state index in [4.69, 9.17) is 4.74 Å². The summed E-state index contributed by atoms with van der Waals surface area (Å²) in [5.74, 6) is -0.211. The molecular weight excluding hydrogens is 276 g/mol. The molecule has 0 bridgehead atoms. The Bertz CT molecular complexity index is 601. The summed E-state index contributed by atoms with van der Waals surface area (Å²) in [4.78, 5) is 6.47. The quantitative estimate of drug-likeness (QED) is 0.909. The van der Waals surface area contributed by atoms with Gasteiger partial charge in [0.1, 0.15) is 19.1 Å². The fourth-order valence-corrected chi connectivity index (χ4v) is 2.36. The van der Waals surface area contributed by atoms with Crippen molar-refractivity contribution in [3.05, 3.63) is 47.3 Å². The van der Waals surface area contributed by atoms with Gasteiger partial charge in [-0.1, -0.05) is 6.07 Å². The maximum atomic E-state index is 13.1. The molecule has 112 valence electrons. The summed E-state index contributed by atoms with van der Waals surface area (Å²) in [6.45, 7) is 3.82. The van der Waals surface area contributed by atoms with Crippen LogP contribution < -0.4 is 5.32 Å². The van der Waals surface area contributed by atoms with Gasteiger partial charge in [-0.15, -0.1) is 0 Å². The number of ether oxygens (including phenoxy) is 1. The van der Waals surface area contributed by atoms with E-state index in [-0.39, 0.29) is 6.61 Å². The van der Waals surface area contributed by atoms with Gasteiger partial charge in [-0.05, 0) is 31.0 Å². The molecule has 0 aliphatic carbocycles. The van der Waals surface area contributed by atoms with Crippen molar-refractivity contribution in [1.82, 2.24) is 10.2 Å². The monoisotopic (exact) mass is 293 g/mol. The van der Waals surface area contributed by atoms with Gasteiger partial charge in [0.15, 0.2) is 11.6 Å². The molecule has 0 spiro atoms. The number of hydrogen-bond donors (Lipinski definition) is 1. The topological polar surface area (TPSA) is 36.9 Å². The smallest absolute Gasteiger partial charge is 0.214 e. The Hall–Kier alpha value is -2.11. The maximum absolute atomic E-state index is 13.1. The lowest BCUT2D eigenvalue weighted by Gasteiger charge is -2.36. The molecule has 1 atom stereocenters. The van der Waals surface area contributed by atoms with Crippen molar-refractivity contribution in [2.24, 2.45) is 4.99 Å². The average Bonchev–Trinajstić information content (AvgIpc) is 2.48. The molecule has 1 aromatic rings. The average molecular weight is 293 g/mol. The SMILES string of the molecule is C[C@@H]1CCN2CN=C(OCc3ccc(F)c(F)c3)C=C2N1. The summed E-state index contributed by atoms with van der Waals surface area (Å²) < 4.78 is 31.5. The van der Waals surface area contributed by atoms with Crippen molar-refractivity contribution in [3.8, 4) is 0 Å². The van der Waals surface area contributed by atoms with E-state index in [1.807, 2.05) is 6.08 Å². The molecule has 2 aliphatic heterocycles. The first-order valence-corrected chi connectivity index (χ1v) is 6.96. The Morgan fingerprint density at radius 2 is 2.24 bits per heavy atom. The zero-order valence-electron chi connectivity index (χ0n) is 11.8. The first-order chi connectivity index (χ1) is 10.1. The van der Waals surface area contributed by atoms with Gasteiger partial charge in [0.2, 0.25) is 5.90 Å². The van der Waals surface area contributed by atoms with Crippen molar-refractivity contribution < 1.29 is 13.5 Å². The van der Waals surface area contributed by atoms with E-state index >= 15 is 0 Å². The van der Waals surface area contributed by atoms with Crippen LogP contribution in [0.2, 0.25) is 0 Å². The van der Waals surface area contributed by atoms with Gasteiger partial charge in [-0.25, -0.2) is 13.8 Å². The van der Waals surface area contributed by atoms with Crippen LogP contribution in [-0.4, -0.2) is 30.1 Å². The molecule has 0 saturated carbocycles. The van der Waals surface area contributed by atoms with Crippen LogP contribution in [0.1, 0.15) is 18.9 Å². The van der Waals surface area contributed by atoms with E-state index in [2.05, 4.69) is 22.1 Å². The Morgan fingerprint density at radius 3 is 3.05 bits per heavy atom. The summed E-state index contributed by atoms with van der Waals surface area (Å²) in [6, 6.07) is 4.17. The number of nitrogens with zero attached hydrogens (tertiary/aromatic N) is 2. The molecule has 1 fully saturated rings. The van der Waals surface area contributed by atoms with Gasteiger partial charge in [0.05, 0.1) is 0 Å². The second-order valence-electron chi connectivity index (χ2n) is 5.30. The second-order valence-corrected chi connectivity index (χ2v) is 5.30. The Balaban J connectivity index is 1.63. The molecule has 1 saturated heterocycles. The van der Waals surface area contributed by atoms with E-state index in [1.54, 1.807) is 0 Å². The summed E-state index contributed by atoms with van der Waals surface area (Å²) in [5, 5.41) is 3.38. The van der Waals surface area contributed by atoms with Crippen LogP contribution in [0.25, 0.3) is 0 Å². The molecule has 3 rings (SSSR count). The highest BCUT2D eigenvalue weighted by Crippen LogP contribution is 2.17. The van der Waals surface area contributed by atoms with Crippen molar-refractivity contribution in [1.29, 1.82) is 0 Å². The number of benzene rings is 1. The zero-order valence-corrected chi connectivity index (χ0v) is 11.8. The van der Waals surface area contributed by atoms with Crippen LogP contribution in [0.15, 0.2) is 35.1 Å². The van der Waals surface area contributed by atoms with E-state index in [1.165, 1.54) is 6.07 Å².